The Labute approximate surface area is 298 Å². The van der Waals surface area contributed by atoms with Crippen LogP contribution >= 0.6 is 11.6 Å². The molecule has 1 aliphatic heterocycles. The third kappa shape index (κ3) is 8.07. The van der Waals surface area contributed by atoms with E-state index >= 15 is 0 Å². The first-order valence-corrected chi connectivity index (χ1v) is 20.3. The summed E-state index contributed by atoms with van der Waals surface area (Å²) in [5.74, 6) is 0.737. The summed E-state index contributed by atoms with van der Waals surface area (Å²) >= 11 is 6.44. The third-order valence-corrected chi connectivity index (χ3v) is 13.7. The van der Waals surface area contributed by atoms with Crippen molar-refractivity contribution in [1.82, 2.24) is 4.72 Å². The predicted octanol–water partition coefficient (Wildman–Crippen LogP) is 8.00. The van der Waals surface area contributed by atoms with Gasteiger partial charge in [-0.1, -0.05) is 69.0 Å². The summed E-state index contributed by atoms with van der Waals surface area (Å²) in [6.45, 7) is 9.75. The molecule has 3 aliphatic carbocycles. The number of ether oxygens (including phenoxy) is 1. The molecular weight excluding hydrogens is 656 g/mol. The van der Waals surface area contributed by atoms with E-state index in [-0.39, 0.29) is 28.7 Å². The van der Waals surface area contributed by atoms with Crippen molar-refractivity contribution in [2.45, 2.75) is 101 Å². The molecular formula is C40H53ClN2O5S. The minimum atomic E-state index is -3.93. The van der Waals surface area contributed by atoms with Gasteiger partial charge in [-0.25, -0.2) is 13.1 Å². The fourth-order valence-corrected chi connectivity index (χ4v) is 10.4. The van der Waals surface area contributed by atoms with Crippen LogP contribution in [0.5, 0.6) is 5.75 Å². The normalized spacial score (nSPS) is 25.3. The average molecular weight is 709 g/mol. The van der Waals surface area contributed by atoms with Gasteiger partial charge >= 0.3 is 0 Å². The molecule has 4 aliphatic rings. The highest BCUT2D eigenvalue weighted by Crippen LogP contribution is 2.47. The van der Waals surface area contributed by atoms with Crippen molar-refractivity contribution in [2.24, 2.45) is 23.7 Å². The SMILES string of the molecule is C=CC[C@@H](C)[C@H](CC1CC1)S(=O)(=O)NC(=O)c1ccc2c(c1)N(C[C@@H]1CC[C@H]1[C@@H](O)/C=C/CCC)C[C@@]1(CCCc3cc(Cl)ccc31)CO2. The molecule has 0 bridgehead atoms. The van der Waals surface area contributed by atoms with Crippen molar-refractivity contribution in [3.05, 3.63) is 82.9 Å². The number of carbonyl (C=O) groups excluding carboxylic acids is 1. The van der Waals surface area contributed by atoms with Gasteiger partial charge in [-0.2, -0.15) is 0 Å². The first kappa shape index (κ1) is 36.0. The van der Waals surface area contributed by atoms with Gasteiger partial charge in [-0.05, 0) is 116 Å². The molecule has 1 amide bonds. The molecule has 1 spiro atoms. The zero-order valence-corrected chi connectivity index (χ0v) is 30.7. The number of nitrogens with one attached hydrogen (secondary N) is 1. The van der Waals surface area contributed by atoms with Gasteiger partial charge < -0.3 is 14.7 Å². The lowest BCUT2D eigenvalue weighted by Gasteiger charge is -2.45. The Morgan fingerprint density at radius 3 is 2.73 bits per heavy atom. The molecule has 2 aromatic rings. The number of aliphatic hydroxyl groups is 1. The minimum absolute atomic E-state index is 0.147. The number of sulfonamides is 1. The Morgan fingerprint density at radius 1 is 1.20 bits per heavy atom. The summed E-state index contributed by atoms with van der Waals surface area (Å²) < 4.78 is 36.5. The van der Waals surface area contributed by atoms with Crippen molar-refractivity contribution in [3.63, 3.8) is 0 Å². The molecule has 266 valence electrons. The lowest BCUT2D eigenvalue weighted by molar-refractivity contribution is 0.0456. The van der Waals surface area contributed by atoms with Gasteiger partial charge in [0.05, 0.1) is 23.6 Å². The highest BCUT2D eigenvalue weighted by atomic mass is 35.5. The van der Waals surface area contributed by atoms with E-state index < -0.39 is 27.3 Å². The summed E-state index contributed by atoms with van der Waals surface area (Å²) in [7, 11) is -3.93. The molecule has 0 unspecified atom stereocenters. The Hall–Kier alpha value is -2.81. The smallest absolute Gasteiger partial charge is 0.264 e. The number of allylic oxidation sites excluding steroid dienone is 2. The maximum atomic E-state index is 13.7. The monoisotopic (exact) mass is 708 g/mol. The third-order valence-electron chi connectivity index (χ3n) is 11.5. The van der Waals surface area contributed by atoms with Crippen molar-refractivity contribution in [2.75, 3.05) is 24.6 Å². The maximum absolute atomic E-state index is 13.7. The lowest BCUT2D eigenvalue weighted by atomic mass is 9.68. The topological polar surface area (TPSA) is 95.9 Å². The van der Waals surface area contributed by atoms with Crippen LogP contribution < -0.4 is 14.4 Å². The highest BCUT2D eigenvalue weighted by molar-refractivity contribution is 7.90. The van der Waals surface area contributed by atoms with E-state index in [9.17, 15) is 18.3 Å². The molecule has 2 saturated carbocycles. The molecule has 0 aromatic heterocycles. The maximum Gasteiger partial charge on any atom is 0.264 e. The van der Waals surface area contributed by atoms with Crippen LogP contribution in [0.1, 0.15) is 99.5 Å². The van der Waals surface area contributed by atoms with Gasteiger partial charge in [-0.3, -0.25) is 4.79 Å². The van der Waals surface area contributed by atoms with Crippen LogP contribution in [0.15, 0.2) is 61.2 Å². The second-order valence-corrected chi connectivity index (χ2v) is 17.5. The van der Waals surface area contributed by atoms with Crippen molar-refractivity contribution in [3.8, 4) is 5.75 Å². The number of benzene rings is 2. The Bertz CT molecular complexity index is 1660. The van der Waals surface area contributed by atoms with Crippen LogP contribution in [0.25, 0.3) is 0 Å². The molecule has 49 heavy (non-hydrogen) atoms. The van der Waals surface area contributed by atoms with Gasteiger partial charge in [0.1, 0.15) is 5.75 Å². The average Bonchev–Trinajstić information content (AvgIpc) is 3.89. The molecule has 6 rings (SSSR count). The number of aryl methyl sites for hydroxylation is 1. The van der Waals surface area contributed by atoms with Gasteiger partial charge in [0.2, 0.25) is 10.0 Å². The fourth-order valence-electron chi connectivity index (χ4n) is 8.38. The Morgan fingerprint density at radius 2 is 2.02 bits per heavy atom. The zero-order valence-electron chi connectivity index (χ0n) is 29.1. The van der Waals surface area contributed by atoms with Crippen LogP contribution in [-0.2, 0) is 21.9 Å². The number of nitrogens with zero attached hydrogens (tertiary/aromatic N) is 1. The molecule has 2 aromatic carbocycles. The summed E-state index contributed by atoms with van der Waals surface area (Å²) in [6, 6.07) is 11.5. The molecule has 0 radical (unpaired) electrons. The van der Waals surface area contributed by atoms with E-state index in [1.807, 2.05) is 25.1 Å². The minimum Gasteiger partial charge on any atom is -0.490 e. The van der Waals surface area contributed by atoms with E-state index in [1.54, 1.807) is 18.2 Å². The van der Waals surface area contributed by atoms with E-state index in [0.29, 0.717) is 44.2 Å². The van der Waals surface area contributed by atoms with E-state index in [1.165, 1.54) is 11.1 Å². The number of amides is 1. The van der Waals surface area contributed by atoms with E-state index in [0.717, 1.165) is 68.5 Å². The van der Waals surface area contributed by atoms with Crippen molar-refractivity contribution in [1.29, 1.82) is 0 Å². The number of hydrogen-bond acceptors (Lipinski definition) is 6. The van der Waals surface area contributed by atoms with Gasteiger partial charge in [0.15, 0.2) is 0 Å². The van der Waals surface area contributed by atoms with E-state index in [2.05, 4.69) is 41.3 Å². The van der Waals surface area contributed by atoms with Gasteiger partial charge in [-0.15, -0.1) is 6.58 Å². The molecule has 6 atom stereocenters. The number of aliphatic hydroxyl groups excluding tert-OH is 1. The standard InChI is InChI=1S/C40H53ClN2O5S/c1-4-6-7-11-36(44)33-17-14-31(33)24-43-25-40(20-8-10-29-22-32(41)16-18-34(29)40)26-48-37-19-15-30(23-35(37)43)39(45)42-49(46,47)38(21-28-12-13-28)27(3)9-5-2/h5,7,11,15-16,18-19,22-23,27-28,31,33,36,38,44H,2,4,6,8-10,12-14,17,20-21,24-26H2,1,3H3,(H,42,45)/b11-7+/t27-,31+,33-,36+,38+,40+/m1/s1. The first-order valence-electron chi connectivity index (χ1n) is 18.4. The second kappa shape index (κ2) is 15.2. The van der Waals surface area contributed by atoms with Crippen molar-refractivity contribution >= 4 is 33.2 Å². The Kier molecular flexibility index (Phi) is 11.2. The van der Waals surface area contributed by atoms with Crippen LogP contribution in [0.3, 0.4) is 0 Å². The Balaban J connectivity index is 1.30. The molecule has 2 N–H and O–H groups in total. The molecule has 9 heteroatoms. The summed E-state index contributed by atoms with van der Waals surface area (Å²) in [6.07, 6.45) is 15.4. The largest absolute Gasteiger partial charge is 0.490 e. The molecule has 2 fully saturated rings. The zero-order chi connectivity index (χ0) is 34.8. The number of halogens is 1. The molecule has 7 nitrogen and oxygen atoms in total. The fraction of sp³-hybridized carbons (Fsp3) is 0.575. The highest BCUT2D eigenvalue weighted by Gasteiger charge is 2.44. The summed E-state index contributed by atoms with van der Waals surface area (Å²) in [5.41, 5.74) is 3.31. The number of hydrogen-bond donors (Lipinski definition) is 2. The van der Waals surface area contributed by atoms with Crippen LogP contribution in [0.2, 0.25) is 5.02 Å². The second-order valence-electron chi connectivity index (χ2n) is 15.2. The number of fused-ring (bicyclic) bond motifs is 3. The van der Waals surface area contributed by atoms with Crippen LogP contribution in [0.4, 0.5) is 5.69 Å². The van der Waals surface area contributed by atoms with Crippen molar-refractivity contribution < 1.29 is 23.1 Å². The van der Waals surface area contributed by atoms with Crippen LogP contribution in [-0.4, -0.2) is 50.5 Å². The van der Waals surface area contributed by atoms with Crippen LogP contribution in [0, 0.1) is 23.7 Å². The number of anilines is 1. The number of rotatable bonds is 14. The molecule has 1 heterocycles. The summed E-state index contributed by atoms with van der Waals surface area (Å²) in [5, 5.41) is 11.2. The van der Waals surface area contributed by atoms with Gasteiger partial charge in [0.25, 0.3) is 5.91 Å². The number of carbonyl (C=O) groups is 1. The summed E-state index contributed by atoms with van der Waals surface area (Å²) in [4.78, 5) is 16.1. The quantitative estimate of drug-likeness (QED) is 0.193. The molecule has 0 saturated heterocycles. The van der Waals surface area contributed by atoms with E-state index in [4.69, 9.17) is 16.3 Å². The predicted molar refractivity (Wildman–Crippen MR) is 198 cm³/mol. The lowest BCUT2D eigenvalue weighted by Crippen LogP contribution is -2.49. The van der Waals surface area contributed by atoms with Gasteiger partial charge in [0, 0.05) is 29.1 Å². The number of unbranched alkanes of at least 4 members (excludes halogenated alkanes) is 1. The first-order chi connectivity index (χ1) is 23.5.